The van der Waals surface area contributed by atoms with Crippen molar-refractivity contribution in [3.8, 4) is 5.69 Å². The highest BCUT2D eigenvalue weighted by molar-refractivity contribution is 6.90. The summed E-state index contributed by atoms with van der Waals surface area (Å²) < 4.78 is 2.63. The Bertz CT molecular complexity index is 3900. The van der Waals surface area contributed by atoms with E-state index in [1.54, 1.807) is 0 Å². The Morgan fingerprint density at radius 3 is 0.896 bits per heavy atom. The molecule has 77 heavy (non-hydrogen) atoms. The molecule has 0 unspecified atom stereocenters. The van der Waals surface area contributed by atoms with Gasteiger partial charge in [-0.3, -0.25) is 0 Å². The molecule has 0 N–H and O–H groups in total. The van der Waals surface area contributed by atoms with E-state index in [1.165, 1.54) is 85.6 Å². The largest absolute Gasteiger partial charge is 0.310 e. The maximum Gasteiger partial charge on any atom is 0.0775 e. The van der Waals surface area contributed by atoms with Gasteiger partial charge in [0.1, 0.15) is 0 Å². The smallest absolute Gasteiger partial charge is 0.0775 e. The van der Waals surface area contributed by atoms with Crippen molar-refractivity contribution in [2.75, 3.05) is 9.80 Å². The molecule has 0 amide bonds. The van der Waals surface area contributed by atoms with Crippen LogP contribution >= 0.6 is 0 Å². The molecule has 3 nitrogen and oxygen atoms in total. The lowest BCUT2D eigenvalue weighted by atomic mass is 9.96. The average Bonchev–Trinajstić information content (AvgIpc) is 3.74. The van der Waals surface area contributed by atoms with Crippen LogP contribution in [0.1, 0.15) is 0 Å². The maximum absolute atomic E-state index is 2.63. The molecule has 382 valence electrons. The summed E-state index contributed by atoms with van der Waals surface area (Å²) in [6, 6.07) is 81.9. The zero-order valence-corrected chi connectivity index (χ0v) is 51.0. The Hall–Kier alpha value is -7.27. The molecule has 0 aliphatic carbocycles. The number of anilines is 6. The molecule has 11 aromatic carbocycles. The summed E-state index contributed by atoms with van der Waals surface area (Å²) in [6.07, 6.45) is 0. The molecular weight excluding hydrogens is 995 g/mol. The SMILES string of the molecule is C[Si](C)(C)c1ccc(N(c2ccc([Si](C)(C)C)cc2)c2cc3c(c4ccccc24)c2c4ccccc4c(N(c4ccc([Si](C)(C)C)cc4)c4ccc([Si](C)(C)C)cc4)cc2n3-c2cc3ccccc3c3ccccc23)cc1. The molecule has 0 aliphatic rings. The van der Waals surface area contributed by atoms with Crippen LogP contribution in [0.2, 0.25) is 78.6 Å². The molecule has 0 radical (unpaired) electrons. The quantitative estimate of drug-likeness (QED) is 0.0945. The second-order valence-electron chi connectivity index (χ2n) is 25.5. The Labute approximate surface area is 460 Å². The van der Waals surface area contributed by atoms with Crippen LogP contribution in [0.15, 0.2) is 212 Å². The summed E-state index contributed by atoms with van der Waals surface area (Å²) in [7, 11) is -6.33. The monoisotopic (exact) mass is 1070 g/mol. The highest BCUT2D eigenvalue weighted by atomic mass is 28.3. The second-order valence-corrected chi connectivity index (χ2v) is 45.8. The molecule has 1 heterocycles. The number of rotatable bonds is 11. The molecule has 0 saturated carbocycles. The lowest BCUT2D eigenvalue weighted by Crippen LogP contribution is -2.37. The first-order valence-electron chi connectivity index (χ1n) is 27.6. The lowest BCUT2D eigenvalue weighted by molar-refractivity contribution is 1.20. The van der Waals surface area contributed by atoms with Crippen molar-refractivity contribution in [1.82, 2.24) is 4.57 Å². The number of hydrogen-bond donors (Lipinski definition) is 0. The number of aromatic nitrogens is 1. The first-order valence-corrected chi connectivity index (χ1v) is 41.6. The zero-order valence-electron chi connectivity index (χ0n) is 47.0. The first kappa shape index (κ1) is 50.5. The molecule has 12 aromatic rings. The Morgan fingerprint density at radius 2 is 0.558 bits per heavy atom. The van der Waals surface area contributed by atoms with E-state index in [0.717, 1.165) is 39.8 Å². The van der Waals surface area contributed by atoms with E-state index in [9.17, 15) is 0 Å². The van der Waals surface area contributed by atoms with E-state index in [1.807, 2.05) is 0 Å². The molecule has 0 atom stereocenters. The third-order valence-electron chi connectivity index (χ3n) is 16.2. The van der Waals surface area contributed by atoms with Crippen LogP contribution in [-0.4, -0.2) is 36.9 Å². The molecule has 7 heteroatoms. The molecular formula is C70H71N3Si4. The minimum atomic E-state index is -1.58. The molecule has 12 rings (SSSR count). The molecule has 0 aliphatic heterocycles. The summed E-state index contributed by atoms with van der Waals surface area (Å²) >= 11 is 0. The number of hydrogen-bond acceptors (Lipinski definition) is 2. The van der Waals surface area contributed by atoms with Crippen LogP contribution in [-0.2, 0) is 0 Å². The van der Waals surface area contributed by atoms with Gasteiger partial charge >= 0.3 is 0 Å². The van der Waals surface area contributed by atoms with Crippen LogP contribution in [0.4, 0.5) is 34.1 Å². The normalized spacial score (nSPS) is 12.7. The third-order valence-corrected chi connectivity index (χ3v) is 24.4. The van der Waals surface area contributed by atoms with Crippen molar-refractivity contribution in [3.63, 3.8) is 0 Å². The Kier molecular flexibility index (Phi) is 12.3. The van der Waals surface area contributed by atoms with Gasteiger partial charge in [-0.15, -0.1) is 0 Å². The van der Waals surface area contributed by atoms with Crippen LogP contribution in [0, 0.1) is 0 Å². The number of nitrogens with zero attached hydrogens (tertiary/aromatic N) is 3. The van der Waals surface area contributed by atoms with Crippen molar-refractivity contribution in [2.24, 2.45) is 0 Å². The van der Waals surface area contributed by atoms with Crippen molar-refractivity contribution in [1.29, 1.82) is 0 Å². The van der Waals surface area contributed by atoms with Gasteiger partial charge in [-0.1, -0.05) is 245 Å². The second kappa shape index (κ2) is 18.7. The Balaban J connectivity index is 1.25. The van der Waals surface area contributed by atoms with Gasteiger partial charge in [0, 0.05) is 49.7 Å². The summed E-state index contributed by atoms with van der Waals surface area (Å²) in [6.45, 7) is 29.3. The van der Waals surface area contributed by atoms with Crippen LogP contribution in [0.3, 0.4) is 0 Å². The minimum Gasteiger partial charge on any atom is -0.310 e. The maximum atomic E-state index is 2.63. The highest BCUT2D eigenvalue weighted by Crippen LogP contribution is 2.50. The minimum absolute atomic E-state index is 1.15. The third kappa shape index (κ3) is 8.97. The van der Waals surface area contributed by atoms with Crippen LogP contribution < -0.4 is 30.5 Å². The van der Waals surface area contributed by atoms with Gasteiger partial charge in [0.25, 0.3) is 0 Å². The topological polar surface area (TPSA) is 11.4 Å². The van der Waals surface area contributed by atoms with Gasteiger partial charge in [-0.2, -0.15) is 0 Å². The van der Waals surface area contributed by atoms with Gasteiger partial charge in [-0.25, -0.2) is 0 Å². The van der Waals surface area contributed by atoms with E-state index < -0.39 is 32.3 Å². The molecule has 1 aromatic heterocycles. The summed E-state index contributed by atoms with van der Waals surface area (Å²) in [5.74, 6) is 0. The fourth-order valence-electron chi connectivity index (χ4n) is 11.8. The molecule has 0 bridgehead atoms. The zero-order chi connectivity index (χ0) is 53.8. The Morgan fingerprint density at radius 1 is 0.273 bits per heavy atom. The predicted octanol–water partition coefficient (Wildman–Crippen LogP) is 18.5. The first-order chi connectivity index (χ1) is 36.7. The van der Waals surface area contributed by atoms with Gasteiger partial charge in [0.05, 0.1) is 60.4 Å². The van der Waals surface area contributed by atoms with E-state index in [0.29, 0.717) is 0 Å². The lowest BCUT2D eigenvalue weighted by Gasteiger charge is -2.29. The van der Waals surface area contributed by atoms with Crippen molar-refractivity contribution in [3.05, 3.63) is 212 Å². The summed E-state index contributed by atoms with van der Waals surface area (Å²) in [5, 5.41) is 18.2. The van der Waals surface area contributed by atoms with Crippen LogP contribution in [0.25, 0.3) is 70.6 Å². The van der Waals surface area contributed by atoms with E-state index in [-0.39, 0.29) is 0 Å². The number of benzene rings is 11. The van der Waals surface area contributed by atoms with Crippen LogP contribution in [0.5, 0.6) is 0 Å². The van der Waals surface area contributed by atoms with Crippen molar-refractivity contribution in [2.45, 2.75) is 78.6 Å². The molecule has 0 fully saturated rings. The number of fused-ring (bicyclic) bond motifs is 10. The predicted molar refractivity (Wildman–Crippen MR) is 352 cm³/mol. The summed E-state index contributed by atoms with van der Waals surface area (Å²) in [4.78, 5) is 5.06. The van der Waals surface area contributed by atoms with Gasteiger partial charge < -0.3 is 14.4 Å². The standard InChI is InChI=1S/C70H71N3Si4/c1-74(2,3)53-37-29-49(30-38-53)71(50-31-39-54(40-32-50)75(4,5)6)65-46-67-69(62-27-19-17-25-60(62)65)70-63-28-20-18-26-61(63)66(47-68(70)73(67)64-45-48-21-13-14-22-57(48)58-23-15-16-24-59(58)64)72(51-33-41-55(42-34-51)76(7,8)9)52-35-43-56(44-36-52)77(10,11)12/h13-47H,1-12H3. The van der Waals surface area contributed by atoms with Crippen molar-refractivity contribution >= 4 is 152 Å². The average molecular weight is 1070 g/mol. The van der Waals surface area contributed by atoms with Gasteiger partial charge in [0.2, 0.25) is 0 Å². The van der Waals surface area contributed by atoms with E-state index in [2.05, 4.69) is 305 Å². The van der Waals surface area contributed by atoms with Crippen molar-refractivity contribution < 1.29 is 0 Å². The van der Waals surface area contributed by atoms with Gasteiger partial charge in [-0.05, 0) is 93.7 Å². The molecule has 0 saturated heterocycles. The van der Waals surface area contributed by atoms with Gasteiger partial charge in [0.15, 0.2) is 0 Å². The molecule has 0 spiro atoms. The van der Waals surface area contributed by atoms with E-state index in [4.69, 9.17) is 0 Å². The van der Waals surface area contributed by atoms with E-state index >= 15 is 0 Å². The summed E-state index contributed by atoms with van der Waals surface area (Å²) in [5.41, 5.74) is 10.4. The highest BCUT2D eigenvalue weighted by Gasteiger charge is 2.29. The fraction of sp³-hybridized carbons (Fsp3) is 0.171. The fourth-order valence-corrected chi connectivity index (χ4v) is 16.5.